The molecule has 0 atom stereocenters. The van der Waals surface area contributed by atoms with Gasteiger partial charge in [0.2, 0.25) is 0 Å². The van der Waals surface area contributed by atoms with Crippen LogP contribution in [-0.2, 0) is 0 Å². The highest BCUT2D eigenvalue weighted by Gasteiger charge is 2.25. The first kappa shape index (κ1) is 24.4. The van der Waals surface area contributed by atoms with Crippen molar-refractivity contribution in [2.45, 2.75) is 6.42 Å². The SMILES string of the molecule is Clc1cccc(C(c2cccc(Cl)c2)=c2ccc3c(c2C2=CC=CC2)-c2c(c4ccccc4c4ccccc24)[C]=3)c1. The molecule has 0 fully saturated rings. The molecule has 193 valence electrons. The van der Waals surface area contributed by atoms with Crippen LogP contribution in [0.3, 0.4) is 0 Å². The number of hydrogen-bond acceptors (Lipinski definition) is 0. The van der Waals surface area contributed by atoms with E-state index < -0.39 is 0 Å². The lowest BCUT2D eigenvalue weighted by Crippen LogP contribution is -2.20. The zero-order valence-corrected chi connectivity index (χ0v) is 23.6. The Morgan fingerprint density at radius 2 is 1.22 bits per heavy atom. The molecule has 6 aromatic rings. The lowest BCUT2D eigenvalue weighted by molar-refractivity contribution is 1.38. The van der Waals surface area contributed by atoms with Crippen molar-refractivity contribution in [1.29, 1.82) is 0 Å². The van der Waals surface area contributed by atoms with E-state index in [4.69, 9.17) is 23.2 Å². The summed E-state index contributed by atoms with van der Waals surface area (Å²) in [5, 5.41) is 8.71. The van der Waals surface area contributed by atoms with Gasteiger partial charge in [-0.25, -0.2) is 0 Å². The normalized spacial score (nSPS) is 13.3. The summed E-state index contributed by atoms with van der Waals surface area (Å²) in [7, 11) is 0. The van der Waals surface area contributed by atoms with E-state index in [0.29, 0.717) is 10.0 Å². The van der Waals surface area contributed by atoms with Gasteiger partial charge in [-0.1, -0.05) is 126 Å². The second-order valence-electron chi connectivity index (χ2n) is 10.6. The molecule has 0 N–H and O–H groups in total. The maximum absolute atomic E-state index is 6.57. The summed E-state index contributed by atoms with van der Waals surface area (Å²) in [6.45, 7) is 0. The van der Waals surface area contributed by atoms with Crippen LogP contribution < -0.4 is 10.4 Å². The molecule has 0 aromatic heterocycles. The lowest BCUT2D eigenvalue weighted by atomic mass is 9.84. The van der Waals surface area contributed by atoms with E-state index in [-0.39, 0.29) is 0 Å². The third-order valence-corrected chi connectivity index (χ3v) is 8.71. The van der Waals surface area contributed by atoms with Crippen LogP contribution in [0.15, 0.2) is 127 Å². The smallest absolute Gasteiger partial charge is 0.0412 e. The third kappa shape index (κ3) is 3.90. The number of benzene rings is 6. The van der Waals surface area contributed by atoms with Gasteiger partial charge in [-0.2, -0.15) is 0 Å². The van der Waals surface area contributed by atoms with Crippen LogP contribution in [0.1, 0.15) is 28.7 Å². The Bertz CT molecular complexity index is 2200. The highest BCUT2D eigenvalue weighted by atomic mass is 35.5. The average molecular weight is 563 g/mol. The number of fused-ring (bicyclic) bond motifs is 8. The number of rotatable bonds is 3. The van der Waals surface area contributed by atoms with Gasteiger partial charge in [-0.3, -0.25) is 0 Å². The van der Waals surface area contributed by atoms with Gasteiger partial charge < -0.3 is 0 Å². The molecular formula is C39H23Cl2. The molecule has 0 saturated carbocycles. The van der Waals surface area contributed by atoms with Crippen molar-refractivity contribution in [3.05, 3.63) is 170 Å². The number of halogens is 2. The van der Waals surface area contributed by atoms with Gasteiger partial charge in [-0.05, 0) is 113 Å². The first-order valence-electron chi connectivity index (χ1n) is 13.8. The van der Waals surface area contributed by atoms with Crippen molar-refractivity contribution in [3.8, 4) is 11.1 Å². The topological polar surface area (TPSA) is 0 Å². The monoisotopic (exact) mass is 561 g/mol. The molecule has 0 spiro atoms. The molecule has 1 radical (unpaired) electrons. The van der Waals surface area contributed by atoms with E-state index in [2.05, 4.69) is 97.1 Å². The quantitative estimate of drug-likeness (QED) is 0.188. The summed E-state index contributed by atoms with van der Waals surface area (Å²) in [6.07, 6.45) is 11.4. The van der Waals surface area contributed by atoms with Gasteiger partial charge in [0.25, 0.3) is 0 Å². The lowest BCUT2D eigenvalue weighted by Gasteiger charge is -2.18. The minimum atomic E-state index is 0.705. The van der Waals surface area contributed by atoms with Crippen LogP contribution in [0.25, 0.3) is 49.9 Å². The van der Waals surface area contributed by atoms with E-state index in [1.165, 1.54) is 49.4 Å². The molecule has 0 heterocycles. The summed E-state index contributed by atoms with van der Waals surface area (Å²) in [5.41, 5.74) is 9.44. The molecule has 6 aromatic carbocycles. The molecule has 41 heavy (non-hydrogen) atoms. The predicted octanol–water partition coefficient (Wildman–Crippen LogP) is 9.58. The van der Waals surface area contributed by atoms with Crippen molar-refractivity contribution in [3.63, 3.8) is 0 Å². The fourth-order valence-electron chi connectivity index (χ4n) is 6.57. The minimum absolute atomic E-state index is 0.705. The predicted molar refractivity (Wildman–Crippen MR) is 175 cm³/mol. The van der Waals surface area contributed by atoms with E-state index in [9.17, 15) is 0 Å². The minimum Gasteiger partial charge on any atom is -0.0843 e. The van der Waals surface area contributed by atoms with Crippen LogP contribution in [-0.4, -0.2) is 0 Å². The summed E-state index contributed by atoms with van der Waals surface area (Å²) < 4.78 is 0. The second kappa shape index (κ2) is 9.63. The summed E-state index contributed by atoms with van der Waals surface area (Å²) in [5.74, 6) is 0. The Morgan fingerprint density at radius 1 is 0.585 bits per heavy atom. The van der Waals surface area contributed by atoms with Crippen molar-refractivity contribution in [1.82, 2.24) is 0 Å². The Kier molecular flexibility index (Phi) is 5.74. The zero-order valence-electron chi connectivity index (χ0n) is 22.1. The molecule has 0 aliphatic heterocycles. The van der Waals surface area contributed by atoms with Crippen LogP contribution in [0.5, 0.6) is 0 Å². The van der Waals surface area contributed by atoms with Crippen molar-refractivity contribution in [2.75, 3.05) is 0 Å². The Hall–Kier alpha value is -4.36. The molecule has 0 saturated heterocycles. The van der Waals surface area contributed by atoms with Gasteiger partial charge in [0.05, 0.1) is 0 Å². The molecular weight excluding hydrogens is 539 g/mol. The molecule has 0 unspecified atom stereocenters. The van der Waals surface area contributed by atoms with Crippen LogP contribution in [0, 0.1) is 0 Å². The highest BCUT2D eigenvalue weighted by Crippen LogP contribution is 2.43. The maximum Gasteiger partial charge on any atom is 0.0412 e. The van der Waals surface area contributed by atoms with Gasteiger partial charge in [0, 0.05) is 10.0 Å². The van der Waals surface area contributed by atoms with E-state index in [0.717, 1.165) is 33.6 Å². The van der Waals surface area contributed by atoms with Gasteiger partial charge >= 0.3 is 0 Å². The van der Waals surface area contributed by atoms with Crippen LogP contribution in [0.2, 0.25) is 10.0 Å². The van der Waals surface area contributed by atoms with Crippen LogP contribution in [0.4, 0.5) is 0 Å². The fourth-order valence-corrected chi connectivity index (χ4v) is 6.95. The Labute approximate surface area is 248 Å². The van der Waals surface area contributed by atoms with Gasteiger partial charge in [0.15, 0.2) is 0 Å². The van der Waals surface area contributed by atoms with E-state index in [1.54, 1.807) is 0 Å². The molecule has 2 aliphatic carbocycles. The Balaban J connectivity index is 1.59. The fraction of sp³-hybridized carbons (Fsp3) is 0.0256. The summed E-state index contributed by atoms with van der Waals surface area (Å²) in [6, 6.07) is 38.2. The molecule has 2 aliphatic rings. The van der Waals surface area contributed by atoms with Crippen molar-refractivity contribution < 1.29 is 0 Å². The number of hydrogen-bond donors (Lipinski definition) is 0. The van der Waals surface area contributed by atoms with Gasteiger partial charge in [0.1, 0.15) is 0 Å². The highest BCUT2D eigenvalue weighted by molar-refractivity contribution is 6.31. The first-order chi connectivity index (χ1) is 20.2. The largest absolute Gasteiger partial charge is 0.0843 e. The standard InChI is InChI=1S/C39H23Cl2/c40-28-13-7-11-25(21-28)36(26-12-8-14-29(41)22-26)34-20-19-27-23-35-32-17-4-3-15-30(32)31-16-5-6-18-33(31)39(35)38(27)37(34)24-9-1-2-10-24/h1-9,11-22H,10H2. The molecule has 2 heteroatoms. The zero-order chi connectivity index (χ0) is 27.5. The molecule has 8 rings (SSSR count). The summed E-state index contributed by atoms with van der Waals surface area (Å²) >= 11 is 13.1. The van der Waals surface area contributed by atoms with Crippen molar-refractivity contribution in [2.24, 2.45) is 0 Å². The number of allylic oxidation sites excluding steroid dienone is 4. The summed E-state index contributed by atoms with van der Waals surface area (Å²) in [4.78, 5) is 0. The van der Waals surface area contributed by atoms with Crippen molar-refractivity contribution >= 4 is 62.0 Å². The Morgan fingerprint density at radius 3 is 1.85 bits per heavy atom. The van der Waals surface area contributed by atoms with Crippen LogP contribution >= 0.6 is 23.2 Å². The molecule has 0 bridgehead atoms. The second-order valence-corrected chi connectivity index (χ2v) is 11.5. The molecule has 0 nitrogen and oxygen atoms in total. The average Bonchev–Trinajstić information content (AvgIpc) is 3.67. The molecule has 0 amide bonds. The first-order valence-corrected chi connectivity index (χ1v) is 14.6. The van der Waals surface area contributed by atoms with E-state index in [1.807, 2.05) is 36.4 Å². The maximum atomic E-state index is 6.57. The van der Waals surface area contributed by atoms with E-state index >= 15 is 0 Å². The van der Waals surface area contributed by atoms with Gasteiger partial charge in [-0.15, -0.1) is 0 Å². The third-order valence-electron chi connectivity index (χ3n) is 8.24.